The monoisotopic (exact) mass is 733 g/mol. The smallest absolute Gasteiger partial charge is 0.164 e. The van der Waals surface area contributed by atoms with Crippen molar-refractivity contribution < 1.29 is 4.42 Å². The number of thiophene rings is 1. The van der Waals surface area contributed by atoms with Crippen molar-refractivity contribution in [1.82, 2.24) is 15.0 Å². The highest BCUT2D eigenvalue weighted by Gasteiger charge is 2.15. The van der Waals surface area contributed by atoms with Crippen LogP contribution in [0.2, 0.25) is 0 Å². The zero-order valence-corrected chi connectivity index (χ0v) is 30.9. The molecule has 56 heavy (non-hydrogen) atoms. The van der Waals surface area contributed by atoms with Gasteiger partial charge in [0.1, 0.15) is 11.2 Å². The lowest BCUT2D eigenvalue weighted by atomic mass is 9.97. The molecule has 0 bridgehead atoms. The van der Waals surface area contributed by atoms with Crippen molar-refractivity contribution in [2.45, 2.75) is 0 Å². The van der Waals surface area contributed by atoms with Gasteiger partial charge in [-0.25, -0.2) is 15.0 Å². The van der Waals surface area contributed by atoms with Crippen LogP contribution in [0.1, 0.15) is 0 Å². The molecule has 11 aromatic rings. The number of hydrogen-bond acceptors (Lipinski definition) is 5. The molecule has 0 N–H and O–H groups in total. The molecule has 0 spiro atoms. The first-order valence-corrected chi connectivity index (χ1v) is 19.5. The molecule has 3 aromatic heterocycles. The van der Waals surface area contributed by atoms with Gasteiger partial charge in [-0.1, -0.05) is 133 Å². The van der Waals surface area contributed by atoms with Crippen LogP contribution in [0.25, 0.3) is 110 Å². The summed E-state index contributed by atoms with van der Waals surface area (Å²) < 4.78 is 9.22. The van der Waals surface area contributed by atoms with Crippen LogP contribution in [0.5, 0.6) is 0 Å². The van der Waals surface area contributed by atoms with E-state index in [1.807, 2.05) is 72.0 Å². The Labute approximate surface area is 327 Å². The lowest BCUT2D eigenvalue weighted by molar-refractivity contribution is 0.669. The number of aromatic nitrogens is 3. The van der Waals surface area contributed by atoms with E-state index < -0.39 is 0 Å². The highest BCUT2D eigenvalue weighted by atomic mass is 32.1. The van der Waals surface area contributed by atoms with E-state index in [0.717, 1.165) is 60.9 Å². The van der Waals surface area contributed by atoms with Gasteiger partial charge in [-0.15, -0.1) is 11.3 Å². The Morgan fingerprint density at radius 3 is 1.32 bits per heavy atom. The maximum atomic E-state index is 6.58. The van der Waals surface area contributed by atoms with Crippen LogP contribution >= 0.6 is 11.3 Å². The van der Waals surface area contributed by atoms with Crippen LogP contribution in [-0.2, 0) is 0 Å². The van der Waals surface area contributed by atoms with Crippen molar-refractivity contribution in [3.63, 3.8) is 0 Å². The zero-order chi connectivity index (χ0) is 37.0. The van der Waals surface area contributed by atoms with Crippen molar-refractivity contribution in [2.75, 3.05) is 0 Å². The maximum absolute atomic E-state index is 6.58. The van der Waals surface area contributed by atoms with E-state index in [4.69, 9.17) is 19.4 Å². The molecule has 0 radical (unpaired) electrons. The van der Waals surface area contributed by atoms with E-state index in [-0.39, 0.29) is 0 Å². The quantitative estimate of drug-likeness (QED) is 0.171. The molecule has 0 fully saturated rings. The molecule has 3 heterocycles. The molecule has 262 valence electrons. The molecule has 11 rings (SSSR count). The average Bonchev–Trinajstić information content (AvgIpc) is 3.84. The minimum Gasteiger partial charge on any atom is -0.456 e. The van der Waals surface area contributed by atoms with Crippen molar-refractivity contribution in [3.05, 3.63) is 188 Å². The predicted octanol–water partition coefficient (Wildman–Crippen LogP) is 14.1. The largest absolute Gasteiger partial charge is 0.456 e. The van der Waals surface area contributed by atoms with E-state index >= 15 is 0 Å². The third-order valence-corrected chi connectivity index (χ3v) is 11.7. The van der Waals surface area contributed by atoms with E-state index in [2.05, 4.69) is 127 Å². The predicted molar refractivity (Wildman–Crippen MR) is 233 cm³/mol. The van der Waals surface area contributed by atoms with Crippen molar-refractivity contribution in [3.8, 4) is 67.5 Å². The first-order chi connectivity index (χ1) is 27.7. The molecule has 0 aliphatic carbocycles. The van der Waals surface area contributed by atoms with Gasteiger partial charge in [-0.05, 0) is 88.0 Å². The molecule has 5 heteroatoms. The molecule has 0 aliphatic heterocycles. The van der Waals surface area contributed by atoms with Gasteiger partial charge in [0.15, 0.2) is 17.5 Å². The second kappa shape index (κ2) is 13.3. The van der Waals surface area contributed by atoms with Crippen molar-refractivity contribution in [2.24, 2.45) is 0 Å². The second-order valence-electron chi connectivity index (χ2n) is 14.0. The van der Waals surface area contributed by atoms with Gasteiger partial charge in [-0.2, -0.15) is 0 Å². The Bertz CT molecular complexity index is 3200. The van der Waals surface area contributed by atoms with E-state index in [0.29, 0.717) is 17.5 Å². The summed E-state index contributed by atoms with van der Waals surface area (Å²) in [5.74, 6) is 1.91. The molecule has 0 aliphatic rings. The van der Waals surface area contributed by atoms with E-state index in [1.54, 1.807) is 0 Å². The van der Waals surface area contributed by atoms with Gasteiger partial charge in [0.25, 0.3) is 0 Å². The normalized spacial score (nSPS) is 11.6. The Balaban J connectivity index is 0.933. The number of hydrogen-bond donors (Lipinski definition) is 0. The van der Waals surface area contributed by atoms with Crippen LogP contribution < -0.4 is 0 Å². The third kappa shape index (κ3) is 5.74. The standard InChI is InChI=1S/C51H31N3OS/c1-3-11-32(12-4-1)49-52-50(33-13-5-2-6-14-33)54-51(53-49)40-18-10-17-36(28-40)39-22-25-42-41-24-21-38(30-45(41)55-46(42)31-39)35-16-9-15-34(27-35)37-23-26-48-44(29-37)43-19-7-8-20-47(43)56-48/h1-31H. The fourth-order valence-corrected chi connectivity index (χ4v) is 8.78. The molecule has 0 atom stereocenters. The molecular weight excluding hydrogens is 703 g/mol. The first-order valence-electron chi connectivity index (χ1n) is 18.7. The van der Waals surface area contributed by atoms with E-state index in [9.17, 15) is 0 Å². The first kappa shape index (κ1) is 32.2. The van der Waals surface area contributed by atoms with Gasteiger partial charge in [0, 0.05) is 47.6 Å². The third-order valence-electron chi connectivity index (χ3n) is 10.5. The lowest BCUT2D eigenvalue weighted by Crippen LogP contribution is -2.00. The molecule has 0 unspecified atom stereocenters. The summed E-state index contributed by atoms with van der Waals surface area (Å²) in [5, 5.41) is 4.81. The van der Waals surface area contributed by atoms with E-state index in [1.165, 1.54) is 31.3 Å². The second-order valence-corrected chi connectivity index (χ2v) is 15.1. The van der Waals surface area contributed by atoms with Gasteiger partial charge in [0.05, 0.1) is 0 Å². The maximum Gasteiger partial charge on any atom is 0.164 e. The number of benzene rings is 8. The topological polar surface area (TPSA) is 51.8 Å². The molecule has 0 saturated heterocycles. The molecule has 0 saturated carbocycles. The summed E-state index contributed by atoms with van der Waals surface area (Å²) >= 11 is 1.85. The van der Waals surface area contributed by atoms with Gasteiger partial charge in [0.2, 0.25) is 0 Å². The Morgan fingerprint density at radius 1 is 0.286 bits per heavy atom. The van der Waals surface area contributed by atoms with Crippen LogP contribution in [-0.4, -0.2) is 15.0 Å². The Hall–Kier alpha value is -7.21. The fourth-order valence-electron chi connectivity index (χ4n) is 7.70. The van der Waals surface area contributed by atoms with Gasteiger partial charge in [-0.3, -0.25) is 0 Å². The number of furan rings is 1. The lowest BCUT2D eigenvalue weighted by Gasteiger charge is -2.09. The SMILES string of the molecule is c1ccc(-c2nc(-c3ccccc3)nc(-c3cccc(-c4ccc5c(c4)oc4cc(-c6cccc(-c7ccc8sc9ccccc9c8c7)c6)ccc45)c3)n2)cc1. The van der Waals surface area contributed by atoms with Gasteiger partial charge < -0.3 is 4.42 Å². The average molecular weight is 734 g/mol. The Kier molecular flexibility index (Phi) is 7.64. The highest BCUT2D eigenvalue weighted by Crippen LogP contribution is 2.39. The Morgan fingerprint density at radius 2 is 0.714 bits per heavy atom. The summed E-state index contributed by atoms with van der Waals surface area (Å²) in [6.45, 7) is 0. The van der Waals surface area contributed by atoms with Crippen LogP contribution in [0.3, 0.4) is 0 Å². The summed E-state index contributed by atoms with van der Waals surface area (Å²) in [5.41, 5.74) is 11.3. The van der Waals surface area contributed by atoms with Crippen molar-refractivity contribution in [1.29, 1.82) is 0 Å². The fraction of sp³-hybridized carbons (Fsp3) is 0. The summed E-state index contributed by atoms with van der Waals surface area (Å²) in [6.07, 6.45) is 0. The zero-order valence-electron chi connectivity index (χ0n) is 30.1. The molecule has 8 aromatic carbocycles. The number of nitrogens with zero attached hydrogens (tertiary/aromatic N) is 3. The highest BCUT2D eigenvalue weighted by molar-refractivity contribution is 7.25. The molecule has 4 nitrogen and oxygen atoms in total. The van der Waals surface area contributed by atoms with Gasteiger partial charge >= 0.3 is 0 Å². The van der Waals surface area contributed by atoms with Crippen molar-refractivity contribution >= 4 is 53.4 Å². The minimum atomic E-state index is 0.626. The van der Waals surface area contributed by atoms with Crippen LogP contribution in [0, 0.1) is 0 Å². The number of fused-ring (bicyclic) bond motifs is 6. The summed E-state index contributed by atoms with van der Waals surface area (Å²) in [6, 6.07) is 65.8. The summed E-state index contributed by atoms with van der Waals surface area (Å²) in [7, 11) is 0. The number of rotatable bonds is 6. The molecule has 0 amide bonds. The molecular formula is C51H31N3OS. The van der Waals surface area contributed by atoms with Crippen LogP contribution in [0.4, 0.5) is 0 Å². The minimum absolute atomic E-state index is 0.626. The van der Waals surface area contributed by atoms with Crippen LogP contribution in [0.15, 0.2) is 192 Å². The summed E-state index contributed by atoms with van der Waals surface area (Å²) in [4.78, 5) is 14.8.